The van der Waals surface area contributed by atoms with Crippen LogP contribution in [0, 0.1) is 5.82 Å². The first-order valence-corrected chi connectivity index (χ1v) is 6.85. The van der Waals surface area contributed by atoms with Crippen molar-refractivity contribution in [2.24, 2.45) is 0 Å². The number of anilines is 1. The average molecular weight is 281 g/mol. The zero-order valence-electron chi connectivity index (χ0n) is 11.8. The highest BCUT2D eigenvalue weighted by molar-refractivity contribution is 5.84. The van der Waals surface area contributed by atoms with Crippen LogP contribution in [0.4, 0.5) is 10.1 Å². The Balaban J connectivity index is 2.08. The fourth-order valence-electron chi connectivity index (χ4n) is 2.13. The molecule has 1 aromatic heterocycles. The summed E-state index contributed by atoms with van der Waals surface area (Å²) in [6.07, 6.45) is 2.99. The van der Waals surface area contributed by atoms with E-state index in [4.69, 9.17) is 4.74 Å². The van der Waals surface area contributed by atoms with Crippen molar-refractivity contribution in [2.45, 2.75) is 38.6 Å². The lowest BCUT2D eigenvalue weighted by Crippen LogP contribution is -2.42. The fraction of sp³-hybridized carbons (Fsp3) is 0.571. The van der Waals surface area contributed by atoms with Crippen LogP contribution in [-0.2, 0) is 9.53 Å². The van der Waals surface area contributed by atoms with Crippen LogP contribution >= 0.6 is 0 Å². The van der Waals surface area contributed by atoms with E-state index >= 15 is 0 Å². The maximum atomic E-state index is 13.9. The van der Waals surface area contributed by atoms with E-state index in [0.717, 1.165) is 6.42 Å². The van der Waals surface area contributed by atoms with Crippen LogP contribution < -0.4 is 10.6 Å². The van der Waals surface area contributed by atoms with Gasteiger partial charge in [0.25, 0.3) is 0 Å². The van der Waals surface area contributed by atoms with E-state index in [1.165, 1.54) is 6.07 Å². The molecular formula is C14H20FN3O2. The Labute approximate surface area is 117 Å². The summed E-state index contributed by atoms with van der Waals surface area (Å²) in [5.74, 6) is -0.455. The van der Waals surface area contributed by atoms with Gasteiger partial charge in [-0.3, -0.25) is 9.78 Å². The lowest BCUT2D eigenvalue weighted by atomic mass is 10.1. The molecule has 0 aromatic carbocycles. The molecule has 20 heavy (non-hydrogen) atoms. The van der Waals surface area contributed by atoms with E-state index in [2.05, 4.69) is 15.6 Å². The summed E-state index contributed by atoms with van der Waals surface area (Å²) in [6.45, 7) is 4.61. The molecule has 0 aliphatic carbocycles. The Kier molecular flexibility index (Phi) is 4.89. The first kappa shape index (κ1) is 14.7. The fourth-order valence-corrected chi connectivity index (χ4v) is 2.13. The largest absolute Gasteiger partial charge is 0.372 e. The minimum atomic E-state index is -0.384. The van der Waals surface area contributed by atoms with Gasteiger partial charge in [-0.15, -0.1) is 0 Å². The molecule has 1 fully saturated rings. The SMILES string of the molecule is CC(C)c1ncc(NC2CCCOCNC2=O)cc1F. The van der Waals surface area contributed by atoms with Gasteiger partial charge in [-0.25, -0.2) is 4.39 Å². The summed E-state index contributed by atoms with van der Waals surface area (Å²) in [5, 5.41) is 5.70. The van der Waals surface area contributed by atoms with Crippen molar-refractivity contribution < 1.29 is 13.9 Å². The first-order valence-electron chi connectivity index (χ1n) is 6.85. The zero-order chi connectivity index (χ0) is 14.5. The number of pyridine rings is 1. The van der Waals surface area contributed by atoms with Crippen molar-refractivity contribution >= 4 is 11.6 Å². The van der Waals surface area contributed by atoms with Gasteiger partial charge in [0.1, 0.15) is 18.6 Å². The number of aromatic nitrogens is 1. The summed E-state index contributed by atoms with van der Waals surface area (Å²) >= 11 is 0. The van der Waals surface area contributed by atoms with Crippen LogP contribution in [-0.4, -0.2) is 30.3 Å². The van der Waals surface area contributed by atoms with Crippen molar-refractivity contribution in [1.29, 1.82) is 0 Å². The van der Waals surface area contributed by atoms with E-state index < -0.39 is 0 Å². The van der Waals surface area contributed by atoms with E-state index in [1.54, 1.807) is 6.20 Å². The molecule has 2 rings (SSSR count). The van der Waals surface area contributed by atoms with Gasteiger partial charge in [0.15, 0.2) is 0 Å². The molecule has 1 aromatic rings. The Hall–Kier alpha value is -1.69. The minimum absolute atomic E-state index is 0.0332. The lowest BCUT2D eigenvalue weighted by Gasteiger charge is -2.22. The molecule has 1 aliphatic rings. The van der Waals surface area contributed by atoms with Crippen LogP contribution in [0.25, 0.3) is 0 Å². The number of carbonyl (C=O) groups excluding carboxylic acids is 1. The smallest absolute Gasteiger partial charge is 0.244 e. The summed E-state index contributed by atoms with van der Waals surface area (Å²) in [5.41, 5.74) is 0.958. The van der Waals surface area contributed by atoms with Crippen LogP contribution in [0.1, 0.15) is 38.3 Å². The zero-order valence-corrected chi connectivity index (χ0v) is 11.8. The quantitative estimate of drug-likeness (QED) is 0.889. The van der Waals surface area contributed by atoms with E-state index in [0.29, 0.717) is 24.4 Å². The van der Waals surface area contributed by atoms with Crippen molar-refractivity contribution in [1.82, 2.24) is 10.3 Å². The number of halogens is 1. The highest BCUT2D eigenvalue weighted by Gasteiger charge is 2.20. The molecule has 0 spiro atoms. The monoisotopic (exact) mass is 281 g/mol. The molecule has 5 nitrogen and oxygen atoms in total. The third-order valence-corrected chi connectivity index (χ3v) is 3.20. The van der Waals surface area contributed by atoms with Gasteiger partial charge >= 0.3 is 0 Å². The van der Waals surface area contributed by atoms with Gasteiger partial charge in [0.2, 0.25) is 5.91 Å². The van der Waals surface area contributed by atoms with Gasteiger partial charge in [-0.05, 0) is 18.8 Å². The van der Waals surface area contributed by atoms with E-state index in [1.807, 2.05) is 13.8 Å². The summed E-state index contributed by atoms with van der Waals surface area (Å²) in [7, 11) is 0. The standard InChI is InChI=1S/C14H20FN3O2/c1-9(2)13-11(15)6-10(7-16-13)18-12-4-3-5-20-8-17-14(12)19/h6-7,9,12,18H,3-5,8H2,1-2H3,(H,17,19). The normalized spacial score (nSPS) is 20.2. The number of hydrogen-bond acceptors (Lipinski definition) is 4. The lowest BCUT2D eigenvalue weighted by molar-refractivity contribution is -0.124. The number of ether oxygens (including phenoxy) is 1. The predicted molar refractivity (Wildman–Crippen MR) is 73.9 cm³/mol. The maximum Gasteiger partial charge on any atom is 0.244 e. The summed E-state index contributed by atoms with van der Waals surface area (Å²) in [6, 6.07) is 1.01. The second kappa shape index (κ2) is 6.65. The summed E-state index contributed by atoms with van der Waals surface area (Å²) < 4.78 is 19.0. The van der Waals surface area contributed by atoms with Crippen LogP contribution in [0.3, 0.4) is 0 Å². The second-order valence-electron chi connectivity index (χ2n) is 5.18. The molecule has 0 radical (unpaired) electrons. The molecule has 2 N–H and O–H groups in total. The van der Waals surface area contributed by atoms with E-state index in [-0.39, 0.29) is 30.4 Å². The van der Waals surface area contributed by atoms with Crippen molar-refractivity contribution in [3.63, 3.8) is 0 Å². The van der Waals surface area contributed by atoms with Gasteiger partial charge in [0, 0.05) is 12.7 Å². The van der Waals surface area contributed by atoms with Crippen LogP contribution in [0.2, 0.25) is 0 Å². The highest BCUT2D eigenvalue weighted by atomic mass is 19.1. The second-order valence-corrected chi connectivity index (χ2v) is 5.18. The van der Waals surface area contributed by atoms with Crippen molar-refractivity contribution in [3.8, 4) is 0 Å². The molecule has 6 heteroatoms. The third-order valence-electron chi connectivity index (χ3n) is 3.20. The van der Waals surface area contributed by atoms with Crippen molar-refractivity contribution in [2.75, 3.05) is 18.7 Å². The topological polar surface area (TPSA) is 63.3 Å². The predicted octanol–water partition coefficient (Wildman–Crippen LogP) is 2.01. The van der Waals surface area contributed by atoms with E-state index in [9.17, 15) is 9.18 Å². The molecule has 1 saturated heterocycles. The minimum Gasteiger partial charge on any atom is -0.372 e. The molecule has 1 aliphatic heterocycles. The van der Waals surface area contributed by atoms with Crippen molar-refractivity contribution in [3.05, 3.63) is 23.8 Å². The van der Waals surface area contributed by atoms with Gasteiger partial charge < -0.3 is 15.4 Å². The molecular weight excluding hydrogens is 261 g/mol. The first-order chi connectivity index (χ1) is 9.58. The Bertz CT molecular complexity index is 479. The van der Waals surface area contributed by atoms with Crippen LogP contribution in [0.15, 0.2) is 12.3 Å². The van der Waals surface area contributed by atoms with Crippen LogP contribution in [0.5, 0.6) is 0 Å². The Morgan fingerprint density at radius 1 is 1.55 bits per heavy atom. The third kappa shape index (κ3) is 3.66. The highest BCUT2D eigenvalue weighted by Crippen LogP contribution is 2.20. The number of carbonyl (C=O) groups is 1. The molecule has 1 amide bonds. The molecule has 110 valence electrons. The average Bonchev–Trinajstić information content (AvgIpc) is 2.38. The Morgan fingerprint density at radius 3 is 3.05 bits per heavy atom. The Morgan fingerprint density at radius 2 is 2.35 bits per heavy atom. The number of amides is 1. The molecule has 0 bridgehead atoms. The number of rotatable bonds is 3. The number of nitrogens with one attached hydrogen (secondary N) is 2. The molecule has 2 heterocycles. The molecule has 1 unspecified atom stereocenters. The molecule has 1 atom stereocenters. The van der Waals surface area contributed by atoms with Gasteiger partial charge in [0.05, 0.1) is 17.6 Å². The number of hydrogen-bond donors (Lipinski definition) is 2. The van der Waals surface area contributed by atoms with Gasteiger partial charge in [-0.1, -0.05) is 13.8 Å². The maximum absolute atomic E-state index is 13.9. The molecule has 0 saturated carbocycles. The number of nitrogens with zero attached hydrogens (tertiary/aromatic N) is 1. The van der Waals surface area contributed by atoms with Gasteiger partial charge in [-0.2, -0.15) is 0 Å². The summed E-state index contributed by atoms with van der Waals surface area (Å²) in [4.78, 5) is 16.0.